The lowest BCUT2D eigenvalue weighted by Gasteiger charge is -2.28. The molecule has 0 saturated carbocycles. The molecule has 272 valence electrons. The van der Waals surface area contributed by atoms with Crippen LogP contribution in [0.15, 0.2) is 30.3 Å². The molecule has 1 aromatic carbocycles. The van der Waals surface area contributed by atoms with Gasteiger partial charge < -0.3 is 63.8 Å². The maximum absolute atomic E-state index is 13.5. The van der Waals surface area contributed by atoms with Gasteiger partial charge in [0.15, 0.2) is 0 Å². The summed E-state index contributed by atoms with van der Waals surface area (Å²) in [7, 11) is 0. The van der Waals surface area contributed by atoms with Crippen LogP contribution >= 0.6 is 0 Å². The smallest absolute Gasteiger partial charge is 0.322 e. The molecule has 7 amide bonds. The Morgan fingerprint density at radius 3 is 1.67 bits per heavy atom. The number of rotatable bonds is 21. The van der Waals surface area contributed by atoms with Gasteiger partial charge in [-0.2, -0.15) is 0 Å². The fraction of sp³-hybridized carbons (Fsp3) is 0.517. The van der Waals surface area contributed by atoms with Crippen molar-refractivity contribution in [3.63, 3.8) is 0 Å². The molecule has 0 aliphatic heterocycles. The Balaban J connectivity index is 3.26. The average molecular weight is 697 g/mol. The summed E-state index contributed by atoms with van der Waals surface area (Å²) in [6, 6.07) is 0.204. The highest BCUT2D eigenvalue weighted by molar-refractivity contribution is 5.97. The van der Waals surface area contributed by atoms with Gasteiger partial charge in [0.1, 0.15) is 36.8 Å². The van der Waals surface area contributed by atoms with Crippen LogP contribution in [0.2, 0.25) is 0 Å². The van der Waals surface area contributed by atoms with E-state index in [1.165, 1.54) is 0 Å². The van der Waals surface area contributed by atoms with Crippen LogP contribution in [0.25, 0.3) is 0 Å². The first-order chi connectivity index (χ1) is 23.0. The Hall–Kier alpha value is -5.18. The number of nitrogens with two attached hydrogens (primary N) is 2. The van der Waals surface area contributed by atoms with Crippen LogP contribution in [-0.2, 0) is 44.8 Å². The maximum Gasteiger partial charge on any atom is 0.322 e. The number of aliphatic hydroxyl groups excluding tert-OH is 3. The Bertz CT molecular complexity index is 1330. The van der Waals surface area contributed by atoms with Crippen LogP contribution < -0.4 is 43.4 Å². The summed E-state index contributed by atoms with van der Waals surface area (Å²) < 4.78 is 0. The number of aliphatic hydroxyl groups is 3. The number of aliphatic carboxylic acids is 1. The highest BCUT2D eigenvalue weighted by atomic mass is 16.4. The molecule has 7 atom stereocenters. The van der Waals surface area contributed by atoms with E-state index in [9.17, 15) is 53.7 Å². The summed E-state index contributed by atoms with van der Waals surface area (Å²) in [5, 5.41) is 52.3. The summed E-state index contributed by atoms with van der Waals surface area (Å²) in [5.41, 5.74) is 11.0. The molecule has 1 aromatic rings. The van der Waals surface area contributed by atoms with Crippen molar-refractivity contribution in [1.29, 1.82) is 0 Å². The van der Waals surface area contributed by atoms with Crippen LogP contribution in [0.1, 0.15) is 32.3 Å². The second kappa shape index (κ2) is 20.9. The Morgan fingerprint density at radius 2 is 1.22 bits per heavy atom. The SMILES string of the molecule is C[C@@H](O)[C@H](NC(=O)[C@H](Cc1ccccc1)NC(=O)[C@@H](NC(=O)[C@H](CCC(N)=O)NC(=O)CN)[C@@H](C)O)C(=O)N[C@@H](CO)C(=O)NCC(=O)O. The van der Waals surface area contributed by atoms with Gasteiger partial charge in [-0.3, -0.25) is 38.4 Å². The van der Waals surface area contributed by atoms with Gasteiger partial charge in [-0.05, 0) is 25.8 Å². The normalized spacial score (nSPS) is 15.1. The Morgan fingerprint density at radius 1 is 0.714 bits per heavy atom. The number of amides is 7. The molecular formula is C29H44N8O12. The molecule has 0 spiro atoms. The number of benzene rings is 1. The number of hydrogen-bond donors (Lipinski definition) is 12. The third kappa shape index (κ3) is 15.1. The van der Waals surface area contributed by atoms with Gasteiger partial charge in [0.25, 0.3) is 0 Å². The van der Waals surface area contributed by atoms with Crippen molar-refractivity contribution in [1.82, 2.24) is 31.9 Å². The molecular weight excluding hydrogens is 652 g/mol. The second-order valence-electron chi connectivity index (χ2n) is 10.9. The quantitative estimate of drug-likeness (QED) is 0.0570. The molecule has 0 saturated heterocycles. The molecule has 20 heteroatoms. The summed E-state index contributed by atoms with van der Waals surface area (Å²) in [6.07, 6.45) is -3.94. The molecule has 0 unspecified atom stereocenters. The number of carbonyl (C=O) groups is 8. The van der Waals surface area contributed by atoms with Crippen LogP contribution in [0.3, 0.4) is 0 Å². The van der Waals surface area contributed by atoms with Crippen molar-refractivity contribution < 1.29 is 58.8 Å². The van der Waals surface area contributed by atoms with Crippen molar-refractivity contribution in [2.45, 2.75) is 75.5 Å². The third-order valence-corrected chi connectivity index (χ3v) is 6.79. The third-order valence-electron chi connectivity index (χ3n) is 6.79. The summed E-state index contributed by atoms with van der Waals surface area (Å²) >= 11 is 0. The first-order valence-electron chi connectivity index (χ1n) is 15.0. The minimum Gasteiger partial charge on any atom is -0.480 e. The molecule has 0 heterocycles. The molecule has 0 fully saturated rings. The van der Waals surface area contributed by atoms with Crippen LogP contribution in [0.5, 0.6) is 0 Å². The van der Waals surface area contributed by atoms with E-state index in [2.05, 4.69) is 26.6 Å². The zero-order valence-corrected chi connectivity index (χ0v) is 26.9. The van der Waals surface area contributed by atoms with Crippen LogP contribution in [0, 0.1) is 0 Å². The number of hydrogen-bond acceptors (Lipinski definition) is 12. The zero-order valence-electron chi connectivity index (χ0n) is 26.9. The van der Waals surface area contributed by atoms with E-state index in [0.29, 0.717) is 5.56 Å². The van der Waals surface area contributed by atoms with Gasteiger partial charge in [0, 0.05) is 12.8 Å². The second-order valence-corrected chi connectivity index (χ2v) is 10.9. The first-order valence-corrected chi connectivity index (χ1v) is 15.0. The molecule has 49 heavy (non-hydrogen) atoms. The van der Waals surface area contributed by atoms with Gasteiger partial charge in [-0.25, -0.2) is 0 Å². The van der Waals surface area contributed by atoms with Gasteiger partial charge in [0.05, 0.1) is 25.4 Å². The molecule has 0 bridgehead atoms. The van der Waals surface area contributed by atoms with Gasteiger partial charge in [0.2, 0.25) is 41.4 Å². The molecule has 0 aliphatic carbocycles. The first kappa shape index (κ1) is 41.8. The van der Waals surface area contributed by atoms with Crippen LogP contribution in [0.4, 0.5) is 0 Å². The van der Waals surface area contributed by atoms with E-state index in [-0.39, 0.29) is 19.3 Å². The predicted octanol–water partition coefficient (Wildman–Crippen LogP) is -6.17. The highest BCUT2D eigenvalue weighted by Crippen LogP contribution is 2.07. The van der Waals surface area contributed by atoms with Crippen molar-refractivity contribution in [3.8, 4) is 0 Å². The summed E-state index contributed by atoms with van der Waals surface area (Å²) in [5.74, 6) is -8.23. The number of nitrogens with one attached hydrogen (secondary N) is 6. The number of carbonyl (C=O) groups excluding carboxylic acids is 7. The lowest BCUT2D eigenvalue weighted by Crippen LogP contribution is -2.63. The maximum atomic E-state index is 13.5. The predicted molar refractivity (Wildman–Crippen MR) is 168 cm³/mol. The van der Waals surface area contributed by atoms with Crippen molar-refractivity contribution >= 4 is 47.3 Å². The molecule has 0 aromatic heterocycles. The Kier molecular flexibility index (Phi) is 17.9. The lowest BCUT2D eigenvalue weighted by atomic mass is 10.0. The standard InChI is InChI=1S/C29H44N8O12/c1-14(39)23(36-26(46)17(8-9-20(31)41)33-21(42)11-30)28(48)34-18(10-16-6-4-3-5-7-16)27(47)37-24(15(2)40)29(49)35-19(13-38)25(45)32-12-22(43)44/h3-7,14-15,17-19,23-24,38-40H,8-13,30H2,1-2H3,(H2,31,41)(H,32,45)(H,33,42)(H,34,48)(H,35,49)(H,36,46)(H,37,47)(H,43,44)/t14-,15-,17+,18+,19+,23+,24+/m1/s1. The van der Waals surface area contributed by atoms with Gasteiger partial charge in [-0.1, -0.05) is 30.3 Å². The van der Waals surface area contributed by atoms with E-state index < -0.39 is 109 Å². The number of carboxylic acid groups (broad SMARTS) is 1. The molecule has 14 N–H and O–H groups in total. The minimum absolute atomic E-state index is 0.197. The van der Waals surface area contributed by atoms with Crippen LogP contribution in [-0.4, -0.2) is 130 Å². The van der Waals surface area contributed by atoms with Gasteiger partial charge >= 0.3 is 5.97 Å². The molecule has 0 aliphatic rings. The molecule has 20 nitrogen and oxygen atoms in total. The van der Waals surface area contributed by atoms with E-state index in [1.54, 1.807) is 30.3 Å². The van der Waals surface area contributed by atoms with Crippen molar-refractivity contribution in [2.75, 3.05) is 19.7 Å². The average Bonchev–Trinajstić information content (AvgIpc) is 3.04. The highest BCUT2D eigenvalue weighted by Gasteiger charge is 2.35. The topological polar surface area (TPSA) is 342 Å². The fourth-order valence-electron chi connectivity index (χ4n) is 4.19. The number of carboxylic acids is 1. The largest absolute Gasteiger partial charge is 0.480 e. The fourth-order valence-corrected chi connectivity index (χ4v) is 4.19. The van der Waals surface area contributed by atoms with E-state index in [1.807, 2.05) is 5.32 Å². The van der Waals surface area contributed by atoms with Crippen molar-refractivity contribution in [3.05, 3.63) is 35.9 Å². The minimum atomic E-state index is -1.76. The molecule has 0 radical (unpaired) electrons. The number of primary amides is 1. The summed E-state index contributed by atoms with van der Waals surface area (Å²) in [4.78, 5) is 99.0. The molecule has 1 rings (SSSR count). The van der Waals surface area contributed by atoms with E-state index in [4.69, 9.17) is 16.6 Å². The monoisotopic (exact) mass is 696 g/mol. The lowest BCUT2D eigenvalue weighted by molar-refractivity contribution is -0.139. The zero-order chi connectivity index (χ0) is 37.3. The van der Waals surface area contributed by atoms with E-state index >= 15 is 0 Å². The van der Waals surface area contributed by atoms with Gasteiger partial charge in [-0.15, -0.1) is 0 Å². The van der Waals surface area contributed by atoms with E-state index in [0.717, 1.165) is 13.8 Å². The summed E-state index contributed by atoms with van der Waals surface area (Å²) in [6.45, 7) is 0.0144. The van der Waals surface area contributed by atoms with Crippen molar-refractivity contribution in [2.24, 2.45) is 11.5 Å². The Labute approximate surface area is 280 Å².